The maximum absolute atomic E-state index is 12.6. The highest BCUT2D eigenvalue weighted by Gasteiger charge is 2.41. The van der Waals surface area contributed by atoms with Gasteiger partial charge in [0.05, 0.1) is 17.2 Å². The van der Waals surface area contributed by atoms with E-state index in [0.717, 1.165) is 12.5 Å². The van der Waals surface area contributed by atoms with Crippen molar-refractivity contribution in [2.45, 2.75) is 69.4 Å². The summed E-state index contributed by atoms with van der Waals surface area (Å²) in [7, 11) is 0. The van der Waals surface area contributed by atoms with Crippen molar-refractivity contribution in [2.75, 3.05) is 0 Å². The number of hydrogen-bond acceptors (Lipinski definition) is 5. The van der Waals surface area contributed by atoms with E-state index in [1.54, 1.807) is 6.07 Å². The average molecular weight is 438 g/mol. The van der Waals surface area contributed by atoms with Gasteiger partial charge in [-0.1, -0.05) is 6.07 Å². The molecule has 10 heteroatoms. The largest absolute Gasteiger partial charge is 0.573 e. The van der Waals surface area contributed by atoms with Gasteiger partial charge in [0.25, 0.3) is 0 Å². The van der Waals surface area contributed by atoms with Crippen molar-refractivity contribution in [3.8, 4) is 11.8 Å². The predicted octanol–water partition coefficient (Wildman–Crippen LogP) is 2.63. The number of hydrogen-bond donors (Lipinski definition) is 3. The smallest absolute Gasteiger partial charge is 0.405 e. The quantitative estimate of drug-likeness (QED) is 0.631. The van der Waals surface area contributed by atoms with E-state index >= 15 is 0 Å². The van der Waals surface area contributed by atoms with Crippen LogP contribution in [0.1, 0.15) is 56.1 Å². The summed E-state index contributed by atoms with van der Waals surface area (Å²) in [6, 6.07) is 5.42. The molecule has 4 N–H and O–H groups in total. The van der Waals surface area contributed by atoms with Gasteiger partial charge in [-0.25, -0.2) is 0 Å². The summed E-state index contributed by atoms with van der Waals surface area (Å²) in [5.74, 6) is -1.19. The molecule has 0 bridgehead atoms. The maximum Gasteiger partial charge on any atom is 0.573 e. The molecule has 3 rings (SSSR count). The third-order valence-corrected chi connectivity index (χ3v) is 6.01. The summed E-state index contributed by atoms with van der Waals surface area (Å²) < 4.78 is 41.9. The molecule has 31 heavy (non-hydrogen) atoms. The molecule has 0 heterocycles. The van der Waals surface area contributed by atoms with E-state index in [1.165, 1.54) is 12.1 Å². The second-order valence-electron chi connectivity index (χ2n) is 8.23. The van der Waals surface area contributed by atoms with E-state index in [2.05, 4.69) is 15.4 Å². The van der Waals surface area contributed by atoms with Gasteiger partial charge < -0.3 is 21.1 Å². The molecule has 2 aliphatic rings. The molecule has 0 saturated heterocycles. The average Bonchev–Trinajstić information content (AvgIpc) is 2.70. The SMILES string of the molecule is N#Cc1ccc(CNC(=O)C2CCC(NC(=O)C3(N)CCC3)CC2)c(OC(F)(F)F)c1. The first-order chi connectivity index (χ1) is 14.6. The number of rotatable bonds is 6. The van der Waals surface area contributed by atoms with E-state index in [4.69, 9.17) is 11.0 Å². The summed E-state index contributed by atoms with van der Waals surface area (Å²) in [5, 5.41) is 14.5. The molecular weight excluding hydrogens is 413 g/mol. The molecule has 7 nitrogen and oxygen atoms in total. The Balaban J connectivity index is 1.50. The molecule has 0 atom stereocenters. The topological polar surface area (TPSA) is 117 Å². The molecule has 1 aromatic carbocycles. The molecule has 1 aromatic rings. The van der Waals surface area contributed by atoms with E-state index in [1.807, 2.05) is 0 Å². The first-order valence-electron chi connectivity index (χ1n) is 10.3. The summed E-state index contributed by atoms with van der Waals surface area (Å²) >= 11 is 0. The van der Waals surface area contributed by atoms with Gasteiger partial charge in [0.1, 0.15) is 5.75 Å². The lowest BCUT2D eigenvalue weighted by atomic mass is 9.76. The van der Waals surface area contributed by atoms with Crippen molar-refractivity contribution < 1.29 is 27.5 Å². The molecule has 2 amide bonds. The number of benzene rings is 1. The second kappa shape index (κ2) is 9.14. The molecule has 0 unspecified atom stereocenters. The monoisotopic (exact) mass is 438 g/mol. The number of halogens is 3. The van der Waals surface area contributed by atoms with Gasteiger partial charge in [-0.2, -0.15) is 5.26 Å². The minimum atomic E-state index is -4.91. The van der Waals surface area contributed by atoms with Crippen molar-refractivity contribution in [2.24, 2.45) is 11.7 Å². The molecule has 2 aliphatic carbocycles. The zero-order valence-corrected chi connectivity index (χ0v) is 16.9. The molecule has 2 fully saturated rings. The molecule has 0 radical (unpaired) electrons. The van der Waals surface area contributed by atoms with Crippen molar-refractivity contribution in [1.82, 2.24) is 10.6 Å². The van der Waals surface area contributed by atoms with Crippen LogP contribution >= 0.6 is 0 Å². The van der Waals surface area contributed by atoms with E-state index in [-0.39, 0.29) is 41.4 Å². The number of nitrogens with zero attached hydrogens (tertiary/aromatic N) is 1. The van der Waals surface area contributed by atoms with Crippen molar-refractivity contribution in [3.05, 3.63) is 29.3 Å². The number of nitrogens with one attached hydrogen (secondary N) is 2. The summed E-state index contributed by atoms with van der Waals surface area (Å²) in [5.41, 5.74) is 5.42. The van der Waals surface area contributed by atoms with Crippen molar-refractivity contribution in [1.29, 1.82) is 5.26 Å². The van der Waals surface area contributed by atoms with Gasteiger partial charge in [0, 0.05) is 24.1 Å². The molecule has 0 aromatic heterocycles. The van der Waals surface area contributed by atoms with E-state index in [9.17, 15) is 22.8 Å². The number of carbonyl (C=O) groups excluding carboxylic acids is 2. The van der Waals surface area contributed by atoms with Crippen LogP contribution in [-0.4, -0.2) is 29.8 Å². The van der Waals surface area contributed by atoms with E-state index < -0.39 is 17.7 Å². The fourth-order valence-electron chi connectivity index (χ4n) is 3.93. The maximum atomic E-state index is 12.6. The summed E-state index contributed by atoms with van der Waals surface area (Å²) in [6.07, 6.45) is -0.180. The fourth-order valence-corrected chi connectivity index (χ4v) is 3.93. The van der Waals surface area contributed by atoms with E-state index in [0.29, 0.717) is 38.5 Å². The molecule has 0 spiro atoms. The highest BCUT2D eigenvalue weighted by atomic mass is 19.4. The van der Waals surface area contributed by atoms with Crippen molar-refractivity contribution in [3.63, 3.8) is 0 Å². The highest BCUT2D eigenvalue weighted by molar-refractivity contribution is 5.87. The van der Waals surface area contributed by atoms with Crippen LogP contribution in [0, 0.1) is 17.2 Å². The van der Waals surface area contributed by atoms with Crippen LogP contribution in [0.4, 0.5) is 13.2 Å². The Morgan fingerprint density at radius 1 is 1.23 bits per heavy atom. The number of carbonyl (C=O) groups is 2. The second-order valence-corrected chi connectivity index (χ2v) is 8.23. The van der Waals surface area contributed by atoms with Crippen molar-refractivity contribution >= 4 is 11.8 Å². The van der Waals surface area contributed by atoms with Gasteiger partial charge in [-0.3, -0.25) is 9.59 Å². The molecule has 2 saturated carbocycles. The van der Waals surface area contributed by atoms with Crippen LogP contribution in [-0.2, 0) is 16.1 Å². The van der Waals surface area contributed by atoms with Gasteiger partial charge in [-0.15, -0.1) is 13.2 Å². The standard InChI is InChI=1S/C21H25F3N4O3/c22-21(23,24)31-17-10-13(11-25)2-3-15(17)12-27-18(29)14-4-6-16(7-5-14)28-19(30)20(26)8-1-9-20/h2-3,10,14,16H,1,4-9,12,26H2,(H,27,29)(H,28,30). The van der Waals surface area contributed by atoms with Crippen LogP contribution in [0.2, 0.25) is 0 Å². The highest BCUT2D eigenvalue weighted by Crippen LogP contribution is 2.31. The zero-order valence-electron chi connectivity index (χ0n) is 16.9. The number of nitriles is 1. The van der Waals surface area contributed by atoms with Gasteiger partial charge >= 0.3 is 6.36 Å². The number of ether oxygens (including phenoxy) is 1. The number of nitrogens with two attached hydrogens (primary N) is 1. The fraction of sp³-hybridized carbons (Fsp3) is 0.571. The van der Waals surface area contributed by atoms with Gasteiger partial charge in [0.2, 0.25) is 11.8 Å². The minimum absolute atomic E-state index is 0.0239. The number of amides is 2. The summed E-state index contributed by atoms with van der Waals surface area (Å²) in [4.78, 5) is 24.7. The Bertz CT molecular complexity index is 870. The summed E-state index contributed by atoms with van der Waals surface area (Å²) in [6.45, 7) is -0.150. The molecular formula is C21H25F3N4O3. The van der Waals surface area contributed by atoms with Gasteiger partial charge in [0.15, 0.2) is 0 Å². The first-order valence-corrected chi connectivity index (χ1v) is 10.3. The zero-order chi connectivity index (χ0) is 22.6. The Hall–Kier alpha value is -2.80. The van der Waals surface area contributed by atoms with Crippen LogP contribution in [0.15, 0.2) is 18.2 Å². The molecule has 168 valence electrons. The predicted molar refractivity (Wildman–Crippen MR) is 104 cm³/mol. The first kappa shape index (κ1) is 22.9. The third kappa shape index (κ3) is 5.88. The van der Waals surface area contributed by atoms with Gasteiger partial charge in [-0.05, 0) is 57.1 Å². The van der Waals surface area contributed by atoms with Crippen LogP contribution < -0.4 is 21.1 Å². The molecule has 0 aliphatic heterocycles. The Kier molecular flexibility index (Phi) is 6.74. The van der Waals surface area contributed by atoms with Crippen LogP contribution in [0.3, 0.4) is 0 Å². The Morgan fingerprint density at radius 3 is 2.45 bits per heavy atom. The lowest BCUT2D eigenvalue weighted by Crippen LogP contribution is -2.60. The van der Waals surface area contributed by atoms with Crippen LogP contribution in [0.5, 0.6) is 5.75 Å². The third-order valence-electron chi connectivity index (χ3n) is 6.01. The Labute approximate surface area is 178 Å². The van der Waals surface area contributed by atoms with Crippen LogP contribution in [0.25, 0.3) is 0 Å². The normalized spacial score (nSPS) is 22.5. The number of alkyl halides is 3. The Morgan fingerprint density at radius 2 is 1.90 bits per heavy atom. The minimum Gasteiger partial charge on any atom is -0.405 e. The lowest BCUT2D eigenvalue weighted by Gasteiger charge is -2.38. The lowest BCUT2D eigenvalue weighted by molar-refractivity contribution is -0.274.